The number of carbonyl (C=O) groups is 1. The number of hydrogen-bond acceptors (Lipinski definition) is 9. The number of ether oxygens (including phenoxy) is 2. The summed E-state index contributed by atoms with van der Waals surface area (Å²) in [6, 6.07) is 10.6. The molecule has 0 spiro atoms. The lowest BCUT2D eigenvalue weighted by Crippen LogP contribution is -2.56. The van der Waals surface area contributed by atoms with Crippen molar-refractivity contribution in [2.45, 2.75) is 50.4 Å². The van der Waals surface area contributed by atoms with E-state index in [9.17, 15) is 9.90 Å². The van der Waals surface area contributed by atoms with Gasteiger partial charge in [0.2, 0.25) is 5.95 Å². The van der Waals surface area contributed by atoms with Gasteiger partial charge in [0.15, 0.2) is 0 Å². The van der Waals surface area contributed by atoms with Crippen LogP contribution in [0, 0.1) is 0 Å². The van der Waals surface area contributed by atoms with E-state index in [1.807, 2.05) is 0 Å². The van der Waals surface area contributed by atoms with Gasteiger partial charge in [-0.15, -0.1) is 0 Å². The number of carbonyl (C=O) groups excluding carboxylic acids is 1. The van der Waals surface area contributed by atoms with Crippen molar-refractivity contribution in [2.24, 2.45) is 0 Å². The summed E-state index contributed by atoms with van der Waals surface area (Å²) in [5.74, 6) is 1.06. The summed E-state index contributed by atoms with van der Waals surface area (Å²) < 4.78 is 11.0. The second kappa shape index (κ2) is 11.5. The van der Waals surface area contributed by atoms with Gasteiger partial charge in [-0.2, -0.15) is 4.98 Å². The second-order valence-corrected chi connectivity index (χ2v) is 10.7. The van der Waals surface area contributed by atoms with Crippen molar-refractivity contribution in [1.29, 1.82) is 0 Å². The molecule has 6 rings (SSSR count). The molecule has 1 aromatic heterocycles. The van der Waals surface area contributed by atoms with Gasteiger partial charge in [-0.05, 0) is 36.8 Å². The molecular weight excluding hydrogens is 484 g/mol. The molecule has 2 aromatic rings. The van der Waals surface area contributed by atoms with Crippen LogP contribution >= 0.6 is 0 Å². The smallest absolute Gasteiger partial charge is 0.272 e. The number of nitrogens with one attached hydrogen (secondary N) is 1. The van der Waals surface area contributed by atoms with Crippen molar-refractivity contribution < 1.29 is 19.4 Å². The average Bonchev–Trinajstić information content (AvgIpc) is 2.97. The Bertz CT molecular complexity index is 1120. The van der Waals surface area contributed by atoms with Gasteiger partial charge in [-0.25, -0.2) is 4.98 Å². The van der Waals surface area contributed by atoms with Gasteiger partial charge in [-0.1, -0.05) is 24.3 Å². The first-order valence-corrected chi connectivity index (χ1v) is 14.0. The van der Waals surface area contributed by atoms with E-state index in [1.54, 1.807) is 11.0 Å². The molecule has 38 heavy (non-hydrogen) atoms. The molecular formula is C28H38N6O4. The number of nitrogens with zero attached hydrogens (tertiary/aromatic N) is 5. The van der Waals surface area contributed by atoms with Crippen LogP contribution in [-0.4, -0.2) is 108 Å². The van der Waals surface area contributed by atoms with E-state index in [2.05, 4.69) is 39.4 Å². The van der Waals surface area contributed by atoms with Crippen molar-refractivity contribution in [3.8, 4) is 0 Å². The first-order chi connectivity index (χ1) is 18.6. The molecule has 2 N–H and O–H groups in total. The Kier molecular flexibility index (Phi) is 7.73. The predicted molar refractivity (Wildman–Crippen MR) is 143 cm³/mol. The van der Waals surface area contributed by atoms with Gasteiger partial charge < -0.3 is 29.7 Å². The highest BCUT2D eigenvalue weighted by atomic mass is 16.5. The SMILES string of the molecule is O=C(c1cc(NC2CCOCC2)nc(N2CCOCC2)n1)N1CCC(N2CCc3ccccc3C2)C(O)C1. The van der Waals surface area contributed by atoms with Crippen molar-refractivity contribution in [3.63, 3.8) is 0 Å². The highest BCUT2D eigenvalue weighted by Crippen LogP contribution is 2.26. The minimum Gasteiger partial charge on any atom is -0.390 e. The van der Waals surface area contributed by atoms with Crippen molar-refractivity contribution in [3.05, 3.63) is 47.2 Å². The Labute approximate surface area is 223 Å². The van der Waals surface area contributed by atoms with Crippen molar-refractivity contribution in [1.82, 2.24) is 19.8 Å². The molecule has 0 radical (unpaired) electrons. The average molecular weight is 523 g/mol. The summed E-state index contributed by atoms with van der Waals surface area (Å²) in [6.07, 6.45) is 2.94. The predicted octanol–water partition coefficient (Wildman–Crippen LogP) is 1.54. The zero-order chi connectivity index (χ0) is 25.9. The minimum atomic E-state index is -0.599. The number of β-amino-alcohol motifs (C(OH)–C–C–N with tert-alkyl or cyclic N) is 1. The van der Waals surface area contributed by atoms with E-state index in [-0.39, 0.29) is 18.0 Å². The van der Waals surface area contributed by atoms with Crippen molar-refractivity contribution in [2.75, 3.05) is 69.4 Å². The number of hydrogen-bond donors (Lipinski definition) is 2. The number of aliphatic hydroxyl groups excluding tert-OH is 1. The first-order valence-electron chi connectivity index (χ1n) is 14.0. The zero-order valence-corrected chi connectivity index (χ0v) is 21.9. The Balaban J connectivity index is 1.16. The molecule has 1 aromatic carbocycles. The number of likely N-dealkylation sites (tertiary alicyclic amines) is 1. The van der Waals surface area contributed by atoms with Crippen LogP contribution in [0.2, 0.25) is 0 Å². The molecule has 10 heteroatoms. The summed E-state index contributed by atoms with van der Waals surface area (Å²) in [5.41, 5.74) is 3.11. The van der Waals surface area contributed by atoms with Crippen LogP contribution in [0.25, 0.3) is 0 Å². The minimum absolute atomic E-state index is 0.0486. The molecule has 204 valence electrons. The van der Waals surface area contributed by atoms with Gasteiger partial charge in [0, 0.05) is 70.6 Å². The number of fused-ring (bicyclic) bond motifs is 1. The number of amides is 1. The largest absolute Gasteiger partial charge is 0.390 e. The van der Waals surface area contributed by atoms with Gasteiger partial charge in [0.05, 0.1) is 19.3 Å². The maximum atomic E-state index is 13.7. The molecule has 4 aliphatic rings. The van der Waals surface area contributed by atoms with E-state index >= 15 is 0 Å². The van der Waals surface area contributed by atoms with E-state index in [0.29, 0.717) is 56.9 Å². The molecule has 1 amide bonds. The Morgan fingerprint density at radius 1 is 0.947 bits per heavy atom. The molecule has 3 fully saturated rings. The molecule has 0 bridgehead atoms. The standard InChI is InChI=1S/C28H38N6O4/c35-25-19-34(10-6-24(25)33-9-5-20-3-1-2-4-21(20)18-33)27(36)23-17-26(29-22-7-13-37-14-8-22)31-28(30-23)32-11-15-38-16-12-32/h1-4,17,22,24-25,35H,5-16,18-19H2,(H,29,30,31). The molecule has 3 saturated heterocycles. The number of rotatable bonds is 5. The topological polar surface area (TPSA) is 103 Å². The highest BCUT2D eigenvalue weighted by molar-refractivity contribution is 5.93. The van der Waals surface area contributed by atoms with E-state index in [0.717, 1.165) is 52.0 Å². The van der Waals surface area contributed by atoms with Crippen LogP contribution in [0.1, 0.15) is 40.9 Å². The summed E-state index contributed by atoms with van der Waals surface area (Å²) in [6.45, 7) is 6.75. The number of piperidine rings is 1. The maximum absolute atomic E-state index is 13.7. The number of morpholine rings is 1. The number of anilines is 2. The van der Waals surface area contributed by atoms with E-state index in [1.165, 1.54) is 11.1 Å². The lowest BCUT2D eigenvalue weighted by molar-refractivity contribution is -0.0139. The highest BCUT2D eigenvalue weighted by Gasteiger charge is 2.36. The third kappa shape index (κ3) is 5.63. The fraction of sp³-hybridized carbons (Fsp3) is 0.607. The van der Waals surface area contributed by atoms with Crippen LogP contribution in [0.5, 0.6) is 0 Å². The van der Waals surface area contributed by atoms with Gasteiger partial charge in [-0.3, -0.25) is 9.69 Å². The zero-order valence-electron chi connectivity index (χ0n) is 21.9. The number of aromatic nitrogens is 2. The summed E-state index contributed by atoms with van der Waals surface area (Å²) in [4.78, 5) is 29.4. The molecule has 10 nitrogen and oxygen atoms in total. The fourth-order valence-corrected chi connectivity index (χ4v) is 6.07. The van der Waals surface area contributed by atoms with Crippen LogP contribution in [0.4, 0.5) is 11.8 Å². The molecule has 2 unspecified atom stereocenters. The Morgan fingerprint density at radius 2 is 1.71 bits per heavy atom. The molecule has 0 aliphatic carbocycles. The molecule has 4 aliphatic heterocycles. The lowest BCUT2D eigenvalue weighted by Gasteiger charge is -2.43. The summed E-state index contributed by atoms with van der Waals surface area (Å²) in [7, 11) is 0. The fourth-order valence-electron chi connectivity index (χ4n) is 6.07. The normalized spacial score (nSPS) is 25.2. The lowest BCUT2D eigenvalue weighted by atomic mass is 9.94. The molecule has 0 saturated carbocycles. The third-order valence-electron chi connectivity index (χ3n) is 8.26. The number of aliphatic hydroxyl groups is 1. The number of benzene rings is 1. The van der Waals surface area contributed by atoms with Crippen molar-refractivity contribution >= 4 is 17.7 Å². The Morgan fingerprint density at radius 3 is 2.50 bits per heavy atom. The van der Waals surface area contributed by atoms with E-state index < -0.39 is 6.10 Å². The maximum Gasteiger partial charge on any atom is 0.272 e. The van der Waals surface area contributed by atoms with Crippen LogP contribution in [0.15, 0.2) is 30.3 Å². The summed E-state index contributed by atoms with van der Waals surface area (Å²) >= 11 is 0. The first kappa shape index (κ1) is 25.5. The van der Waals surface area contributed by atoms with Gasteiger partial charge in [0.1, 0.15) is 11.5 Å². The summed E-state index contributed by atoms with van der Waals surface area (Å²) in [5, 5.41) is 14.7. The molecule has 2 atom stereocenters. The van der Waals surface area contributed by atoms with Gasteiger partial charge in [0.25, 0.3) is 5.91 Å². The van der Waals surface area contributed by atoms with E-state index in [4.69, 9.17) is 19.4 Å². The second-order valence-electron chi connectivity index (χ2n) is 10.7. The van der Waals surface area contributed by atoms with Gasteiger partial charge >= 0.3 is 0 Å². The van der Waals surface area contributed by atoms with Crippen LogP contribution < -0.4 is 10.2 Å². The quantitative estimate of drug-likeness (QED) is 0.605. The third-order valence-corrected chi connectivity index (χ3v) is 8.26. The molecule has 5 heterocycles. The monoisotopic (exact) mass is 522 g/mol. The van der Waals surface area contributed by atoms with Crippen LogP contribution in [0.3, 0.4) is 0 Å². The van der Waals surface area contributed by atoms with Crippen LogP contribution in [-0.2, 0) is 22.4 Å². The Hall–Kier alpha value is -2.79.